The zero-order valence-electron chi connectivity index (χ0n) is 19.9. The van der Waals surface area contributed by atoms with Crippen molar-refractivity contribution in [3.63, 3.8) is 0 Å². The van der Waals surface area contributed by atoms with Crippen LogP contribution < -0.4 is 20.7 Å². The van der Waals surface area contributed by atoms with Crippen molar-refractivity contribution in [1.29, 1.82) is 0 Å². The van der Waals surface area contributed by atoms with Gasteiger partial charge in [0, 0.05) is 19.2 Å². The van der Waals surface area contributed by atoms with Gasteiger partial charge in [0.15, 0.2) is 6.10 Å². The van der Waals surface area contributed by atoms with Crippen LogP contribution in [-0.2, 0) is 22.8 Å². The first-order chi connectivity index (χ1) is 17.2. The number of alkyl halides is 3. The minimum atomic E-state index is -4.97. The Hall–Kier alpha value is -3.80. The predicted molar refractivity (Wildman–Crippen MR) is 125 cm³/mol. The van der Waals surface area contributed by atoms with Crippen molar-refractivity contribution in [2.45, 2.75) is 32.2 Å². The Morgan fingerprint density at radius 2 is 1.73 bits per heavy atom. The van der Waals surface area contributed by atoms with Gasteiger partial charge in [-0.2, -0.15) is 13.2 Å². The van der Waals surface area contributed by atoms with Gasteiger partial charge in [-0.05, 0) is 37.6 Å². The molecule has 0 radical (unpaired) electrons. The molecule has 0 aliphatic rings. The molecule has 0 amide bonds. The number of ether oxygens (including phenoxy) is 3. The number of carbonyl (C=O) groups excluding carboxylic acids is 1. The van der Waals surface area contributed by atoms with Crippen LogP contribution in [-0.4, -0.2) is 28.3 Å². The van der Waals surface area contributed by atoms with Gasteiger partial charge in [0.1, 0.15) is 29.1 Å². The molecule has 0 aliphatic heterocycles. The van der Waals surface area contributed by atoms with Crippen molar-refractivity contribution >= 4 is 17.6 Å². The minimum absolute atomic E-state index is 0.145. The Bertz CT molecular complexity index is 1450. The molecule has 0 saturated carbocycles. The number of benzene rings is 2. The topological polar surface area (TPSA) is 88.8 Å². The summed E-state index contributed by atoms with van der Waals surface area (Å²) in [6.45, 7) is 3.12. The second-order valence-electron chi connectivity index (χ2n) is 7.89. The summed E-state index contributed by atoms with van der Waals surface area (Å²) in [4.78, 5) is 36.6. The van der Waals surface area contributed by atoms with Gasteiger partial charge in [0.25, 0.3) is 5.56 Å². The molecule has 198 valence electrons. The molecule has 0 saturated heterocycles. The smallest absolute Gasteiger partial charge is 0.431 e. The number of carbonyl (C=O) groups is 1. The molecular weight excluding hydrogens is 524 g/mol. The van der Waals surface area contributed by atoms with Crippen molar-refractivity contribution in [3.05, 3.63) is 85.4 Å². The van der Waals surface area contributed by atoms with Crippen molar-refractivity contribution in [1.82, 2.24) is 9.13 Å². The molecule has 1 aromatic heterocycles. The number of halogens is 5. The van der Waals surface area contributed by atoms with Crippen LogP contribution in [0.3, 0.4) is 0 Å². The highest BCUT2D eigenvalue weighted by atomic mass is 35.5. The van der Waals surface area contributed by atoms with Gasteiger partial charge in [-0.3, -0.25) is 9.36 Å². The maximum atomic E-state index is 14.7. The van der Waals surface area contributed by atoms with E-state index < -0.39 is 52.8 Å². The van der Waals surface area contributed by atoms with E-state index >= 15 is 0 Å². The maximum absolute atomic E-state index is 14.7. The standard InChI is InChI=1S/C24H21ClF4N2O6/c1-12(14-6-5-7-15(8-14)36-13(2)22(33)35-4)37-19-10-18(17(26)9-16(19)25)31-21(32)11-20(24(27,28)29)30(3)23(31)34/h5-13H,1-4H3. The molecule has 3 aromatic rings. The number of rotatable bonds is 7. The fraction of sp³-hybridized carbons (Fsp3) is 0.292. The third kappa shape index (κ3) is 5.96. The van der Waals surface area contributed by atoms with Crippen LogP contribution in [0.1, 0.15) is 31.2 Å². The van der Waals surface area contributed by atoms with Crippen LogP contribution >= 0.6 is 11.6 Å². The van der Waals surface area contributed by atoms with Gasteiger partial charge in [0.05, 0.1) is 17.8 Å². The van der Waals surface area contributed by atoms with Crippen LogP contribution in [0, 0.1) is 5.82 Å². The Morgan fingerprint density at radius 3 is 2.35 bits per heavy atom. The van der Waals surface area contributed by atoms with Gasteiger partial charge >= 0.3 is 17.8 Å². The van der Waals surface area contributed by atoms with Gasteiger partial charge < -0.3 is 14.2 Å². The summed E-state index contributed by atoms with van der Waals surface area (Å²) in [6, 6.07) is 8.42. The molecule has 0 spiro atoms. The van der Waals surface area contributed by atoms with E-state index in [4.69, 9.17) is 21.1 Å². The van der Waals surface area contributed by atoms with Crippen LogP contribution in [0.2, 0.25) is 5.02 Å². The molecular formula is C24H21ClF4N2O6. The van der Waals surface area contributed by atoms with E-state index in [9.17, 15) is 31.9 Å². The van der Waals surface area contributed by atoms with Crippen molar-refractivity contribution in [2.75, 3.05) is 7.11 Å². The van der Waals surface area contributed by atoms with E-state index in [-0.39, 0.29) is 26.0 Å². The molecule has 37 heavy (non-hydrogen) atoms. The van der Waals surface area contributed by atoms with Gasteiger partial charge in [0.2, 0.25) is 0 Å². The highest BCUT2D eigenvalue weighted by molar-refractivity contribution is 6.32. The Labute approximate surface area is 212 Å². The van der Waals surface area contributed by atoms with E-state index in [2.05, 4.69) is 4.74 Å². The second kappa shape index (κ2) is 10.7. The number of aromatic nitrogens is 2. The highest BCUT2D eigenvalue weighted by Gasteiger charge is 2.35. The first-order valence-electron chi connectivity index (χ1n) is 10.7. The van der Waals surface area contributed by atoms with Crippen LogP contribution in [0.15, 0.2) is 52.1 Å². The molecule has 13 heteroatoms. The highest BCUT2D eigenvalue weighted by Crippen LogP contribution is 2.33. The average molecular weight is 545 g/mol. The Balaban J connectivity index is 1.98. The Kier molecular flexibility index (Phi) is 8.01. The van der Waals surface area contributed by atoms with E-state index in [1.165, 1.54) is 14.0 Å². The molecule has 1 heterocycles. The number of esters is 1. The fourth-order valence-corrected chi connectivity index (χ4v) is 3.61. The van der Waals surface area contributed by atoms with E-state index in [1.807, 2.05) is 0 Å². The van der Waals surface area contributed by atoms with Gasteiger partial charge in [-0.15, -0.1) is 0 Å². The Morgan fingerprint density at radius 1 is 1.05 bits per heavy atom. The molecule has 0 aliphatic carbocycles. The molecule has 0 N–H and O–H groups in total. The lowest BCUT2D eigenvalue weighted by Gasteiger charge is -2.19. The zero-order chi connectivity index (χ0) is 27.7. The summed E-state index contributed by atoms with van der Waals surface area (Å²) >= 11 is 6.11. The predicted octanol–water partition coefficient (Wildman–Crippen LogP) is 4.43. The lowest BCUT2D eigenvalue weighted by molar-refractivity contribution is -0.148. The van der Waals surface area contributed by atoms with Crippen LogP contribution in [0.5, 0.6) is 11.5 Å². The van der Waals surface area contributed by atoms with Crippen molar-refractivity contribution in [2.24, 2.45) is 7.05 Å². The number of hydrogen-bond acceptors (Lipinski definition) is 6. The lowest BCUT2D eigenvalue weighted by Crippen LogP contribution is -2.41. The lowest BCUT2D eigenvalue weighted by atomic mass is 10.1. The van der Waals surface area contributed by atoms with E-state index in [1.54, 1.807) is 31.2 Å². The molecule has 2 atom stereocenters. The van der Waals surface area contributed by atoms with Crippen molar-refractivity contribution in [3.8, 4) is 17.2 Å². The molecule has 2 unspecified atom stereocenters. The van der Waals surface area contributed by atoms with Gasteiger partial charge in [-0.25, -0.2) is 18.5 Å². The summed E-state index contributed by atoms with van der Waals surface area (Å²) < 4.78 is 70.6. The quantitative estimate of drug-likeness (QED) is 0.323. The number of hydrogen-bond donors (Lipinski definition) is 0. The van der Waals surface area contributed by atoms with Crippen LogP contribution in [0.4, 0.5) is 17.6 Å². The first kappa shape index (κ1) is 27.8. The van der Waals surface area contributed by atoms with Gasteiger partial charge in [-0.1, -0.05) is 23.7 Å². The van der Waals surface area contributed by atoms with E-state index in [0.29, 0.717) is 11.3 Å². The molecule has 3 rings (SSSR count). The first-order valence-corrected chi connectivity index (χ1v) is 11.0. The summed E-state index contributed by atoms with van der Waals surface area (Å²) in [7, 11) is 2.04. The molecule has 8 nitrogen and oxygen atoms in total. The SMILES string of the molecule is COC(=O)C(C)Oc1cccc(C(C)Oc2cc(-n3c(=O)cc(C(F)(F)F)n(C)c3=O)c(F)cc2Cl)c1. The van der Waals surface area contributed by atoms with Crippen LogP contribution in [0.25, 0.3) is 5.69 Å². The second-order valence-corrected chi connectivity index (χ2v) is 8.30. The summed E-state index contributed by atoms with van der Waals surface area (Å²) in [5, 5.41) is -0.211. The normalized spacial score (nSPS) is 13.1. The summed E-state index contributed by atoms with van der Waals surface area (Å²) in [6.07, 6.45) is -6.59. The van der Waals surface area contributed by atoms with Crippen molar-refractivity contribution < 1.29 is 36.6 Å². The number of nitrogens with zero attached hydrogens (tertiary/aromatic N) is 2. The minimum Gasteiger partial charge on any atom is -0.484 e. The summed E-state index contributed by atoms with van der Waals surface area (Å²) in [5.74, 6) is -1.52. The molecule has 0 bridgehead atoms. The summed E-state index contributed by atoms with van der Waals surface area (Å²) in [5.41, 5.74) is -4.37. The zero-order valence-corrected chi connectivity index (χ0v) is 20.7. The monoisotopic (exact) mass is 544 g/mol. The molecule has 2 aromatic carbocycles. The largest absolute Gasteiger partial charge is 0.484 e. The maximum Gasteiger partial charge on any atom is 0.431 e. The third-order valence-electron chi connectivity index (χ3n) is 5.33. The van der Waals surface area contributed by atoms with E-state index in [0.717, 1.165) is 19.2 Å². The number of methoxy groups -OCH3 is 1. The third-order valence-corrected chi connectivity index (χ3v) is 5.63. The average Bonchev–Trinajstić information content (AvgIpc) is 2.82. The molecule has 0 fully saturated rings. The fourth-order valence-electron chi connectivity index (χ4n) is 3.42.